The van der Waals surface area contributed by atoms with Crippen LogP contribution in [0, 0.1) is 0 Å². The van der Waals surface area contributed by atoms with Crippen LogP contribution in [0.4, 0.5) is 5.13 Å². The number of nitrogens with two attached hydrogens (primary N) is 1. The summed E-state index contributed by atoms with van der Waals surface area (Å²) in [7, 11) is -4.09. The van der Waals surface area contributed by atoms with Crippen molar-refractivity contribution < 1.29 is 42.9 Å². The Morgan fingerprint density at radius 3 is 1.72 bits per heavy atom. The summed E-state index contributed by atoms with van der Waals surface area (Å²) in [6.45, 7) is -2.47. The van der Waals surface area contributed by atoms with Crippen LogP contribution in [0.5, 0.6) is 0 Å². The average Bonchev–Trinajstić information content (AvgIpc) is 2.99. The summed E-state index contributed by atoms with van der Waals surface area (Å²) < 4.78 is 21.8. The molecule has 0 aliphatic carbocycles. The molecule has 0 saturated heterocycles. The molecule has 0 unspecified atom stereocenters. The van der Waals surface area contributed by atoms with E-state index in [0.717, 1.165) is 9.80 Å². The molecule has 0 fully saturated rings. The molecular weight excluding hydrogens is 436 g/mol. The highest BCUT2D eigenvalue weighted by atomic mass is 32.2. The minimum Gasteiger partial charge on any atom is -0.480 e. The molecule has 15 nitrogen and oxygen atoms in total. The van der Waals surface area contributed by atoms with Crippen LogP contribution in [0.2, 0.25) is 0 Å². The number of primary sulfonamides is 1. The molecule has 29 heavy (non-hydrogen) atoms. The first kappa shape index (κ1) is 24.3. The van der Waals surface area contributed by atoms with Crippen LogP contribution in [0.3, 0.4) is 0 Å². The maximum Gasteiger partial charge on any atom is 0.317 e. The molecule has 162 valence electrons. The molecule has 1 amide bonds. The molecule has 6 N–H and O–H groups in total. The van der Waals surface area contributed by atoms with Crippen molar-refractivity contribution in [2.75, 3.05) is 44.6 Å². The van der Waals surface area contributed by atoms with Crippen LogP contribution in [0.1, 0.15) is 0 Å². The molecular formula is C12H18N6O9S2. The molecule has 0 radical (unpaired) electrons. The SMILES string of the molecule is NS(=O)(=O)c1nnc(NC(=O)CN(CCN(CC(=O)O)CC(=O)O)CC(=O)O)s1. The molecule has 0 atom stereocenters. The number of carbonyl (C=O) groups excluding carboxylic acids is 1. The fourth-order valence-corrected chi connectivity index (χ4v) is 3.37. The predicted octanol–water partition coefficient (Wildman–Crippen LogP) is -3.02. The smallest absolute Gasteiger partial charge is 0.317 e. The van der Waals surface area contributed by atoms with E-state index in [-0.39, 0.29) is 18.2 Å². The molecule has 0 saturated carbocycles. The number of hydrogen-bond acceptors (Lipinski definition) is 11. The summed E-state index contributed by atoms with van der Waals surface area (Å²) in [5.41, 5.74) is 0. The highest BCUT2D eigenvalue weighted by Crippen LogP contribution is 2.18. The number of carbonyl (C=O) groups is 4. The van der Waals surface area contributed by atoms with Crippen LogP contribution < -0.4 is 10.5 Å². The summed E-state index contributed by atoms with van der Waals surface area (Å²) in [6, 6.07) is 0. The third-order valence-electron chi connectivity index (χ3n) is 3.07. The van der Waals surface area contributed by atoms with E-state index in [1.807, 2.05) is 0 Å². The van der Waals surface area contributed by atoms with Gasteiger partial charge in [0.25, 0.3) is 10.0 Å². The normalized spacial score (nSPS) is 11.6. The number of carboxylic acids is 3. The number of amides is 1. The lowest BCUT2D eigenvalue weighted by atomic mass is 10.3. The Kier molecular flexibility index (Phi) is 8.98. The topological polar surface area (TPSA) is 233 Å². The molecule has 0 spiro atoms. The second-order valence-electron chi connectivity index (χ2n) is 5.57. The van der Waals surface area contributed by atoms with Gasteiger partial charge < -0.3 is 15.3 Å². The highest BCUT2D eigenvalue weighted by molar-refractivity contribution is 7.91. The van der Waals surface area contributed by atoms with Gasteiger partial charge >= 0.3 is 17.9 Å². The van der Waals surface area contributed by atoms with Gasteiger partial charge in [0, 0.05) is 13.1 Å². The Bertz CT molecular complexity index is 855. The van der Waals surface area contributed by atoms with Gasteiger partial charge in [-0.2, -0.15) is 0 Å². The number of aliphatic carboxylic acids is 3. The van der Waals surface area contributed by atoms with Gasteiger partial charge in [-0.1, -0.05) is 11.3 Å². The zero-order valence-electron chi connectivity index (χ0n) is 14.7. The number of anilines is 1. The third kappa shape index (κ3) is 9.85. The first-order valence-electron chi connectivity index (χ1n) is 7.63. The summed E-state index contributed by atoms with van der Waals surface area (Å²) in [5, 5.41) is 40.2. The number of sulfonamides is 1. The summed E-state index contributed by atoms with van der Waals surface area (Å²) in [6.07, 6.45) is 0. The summed E-state index contributed by atoms with van der Waals surface area (Å²) >= 11 is 0.500. The lowest BCUT2D eigenvalue weighted by Crippen LogP contribution is -2.44. The first-order valence-corrected chi connectivity index (χ1v) is 9.99. The summed E-state index contributed by atoms with van der Waals surface area (Å²) in [4.78, 5) is 46.8. The van der Waals surface area contributed by atoms with Crippen molar-refractivity contribution in [1.29, 1.82) is 0 Å². The van der Waals surface area contributed by atoms with Gasteiger partial charge in [0.15, 0.2) is 0 Å². The van der Waals surface area contributed by atoms with Gasteiger partial charge in [-0.05, 0) is 0 Å². The highest BCUT2D eigenvalue weighted by Gasteiger charge is 2.20. The van der Waals surface area contributed by atoms with Crippen molar-refractivity contribution in [3.63, 3.8) is 0 Å². The van der Waals surface area contributed by atoms with Crippen LogP contribution in [-0.4, -0.2) is 107 Å². The monoisotopic (exact) mass is 454 g/mol. The van der Waals surface area contributed by atoms with Crippen LogP contribution in [0.15, 0.2) is 4.34 Å². The molecule has 1 aromatic rings. The number of rotatable bonds is 13. The number of aromatic nitrogens is 2. The first-order chi connectivity index (χ1) is 13.4. The lowest BCUT2D eigenvalue weighted by molar-refractivity contribution is -0.143. The van der Waals surface area contributed by atoms with Crippen LogP contribution >= 0.6 is 11.3 Å². The van der Waals surface area contributed by atoms with Crippen LogP contribution in [0.25, 0.3) is 0 Å². The molecule has 1 aromatic heterocycles. The van der Waals surface area contributed by atoms with E-state index in [1.54, 1.807) is 0 Å². The zero-order valence-corrected chi connectivity index (χ0v) is 16.3. The number of carboxylic acid groups (broad SMARTS) is 3. The van der Waals surface area contributed by atoms with E-state index in [4.69, 9.17) is 20.5 Å². The van der Waals surface area contributed by atoms with Crippen molar-refractivity contribution in [3.8, 4) is 0 Å². The zero-order chi connectivity index (χ0) is 22.2. The Morgan fingerprint density at radius 2 is 1.34 bits per heavy atom. The maximum atomic E-state index is 12.1. The largest absolute Gasteiger partial charge is 0.480 e. The minimum absolute atomic E-state index is 0.126. The second-order valence-corrected chi connectivity index (χ2v) is 8.28. The standard InChI is InChI=1S/C12H18N6O9S2/c13-29(26,27)12-16-15-11(28-12)14-7(19)3-17(4-8(20)21)1-2-18(5-9(22)23)6-10(24)25/h1-6H2,(H,20,21)(H,22,23)(H,24,25)(H2,13,26,27)(H,14,15,19). The van der Waals surface area contributed by atoms with Crippen molar-refractivity contribution in [2.24, 2.45) is 5.14 Å². The second kappa shape index (κ2) is 10.7. The lowest BCUT2D eigenvalue weighted by Gasteiger charge is -2.24. The van der Waals surface area contributed by atoms with Crippen molar-refractivity contribution in [2.45, 2.75) is 4.34 Å². The van der Waals surface area contributed by atoms with Gasteiger partial charge in [-0.3, -0.25) is 34.3 Å². The molecule has 1 rings (SSSR count). The predicted molar refractivity (Wildman–Crippen MR) is 95.7 cm³/mol. The van der Waals surface area contributed by atoms with Crippen LogP contribution in [-0.2, 0) is 29.2 Å². The fraction of sp³-hybridized carbons (Fsp3) is 0.500. The number of hydrogen-bond donors (Lipinski definition) is 5. The van der Waals surface area contributed by atoms with E-state index in [9.17, 15) is 27.6 Å². The molecule has 0 aromatic carbocycles. The fourth-order valence-electron chi connectivity index (χ4n) is 2.02. The Hall–Kier alpha value is -2.73. The van der Waals surface area contributed by atoms with E-state index in [2.05, 4.69) is 15.5 Å². The Balaban J connectivity index is 2.72. The van der Waals surface area contributed by atoms with Crippen molar-refractivity contribution in [1.82, 2.24) is 20.0 Å². The van der Waals surface area contributed by atoms with E-state index in [1.165, 1.54) is 0 Å². The number of nitrogens with zero attached hydrogens (tertiary/aromatic N) is 4. The van der Waals surface area contributed by atoms with Gasteiger partial charge in [0.05, 0.1) is 26.2 Å². The third-order valence-corrected chi connectivity index (χ3v) is 5.22. The quantitative estimate of drug-likeness (QED) is 0.187. The summed E-state index contributed by atoms with van der Waals surface area (Å²) in [5.74, 6) is -4.55. The van der Waals surface area contributed by atoms with E-state index < -0.39 is 64.4 Å². The minimum atomic E-state index is -4.09. The van der Waals surface area contributed by atoms with E-state index >= 15 is 0 Å². The maximum absolute atomic E-state index is 12.1. The van der Waals surface area contributed by atoms with Crippen molar-refractivity contribution in [3.05, 3.63) is 0 Å². The van der Waals surface area contributed by atoms with E-state index in [0.29, 0.717) is 11.3 Å². The molecule has 17 heteroatoms. The van der Waals surface area contributed by atoms with Crippen molar-refractivity contribution >= 4 is 50.3 Å². The van der Waals surface area contributed by atoms with Gasteiger partial charge in [0.2, 0.25) is 15.4 Å². The van der Waals surface area contributed by atoms with Gasteiger partial charge in [0.1, 0.15) is 0 Å². The average molecular weight is 454 g/mol. The Labute approximate surface area is 167 Å². The molecule has 0 bridgehead atoms. The van der Waals surface area contributed by atoms with Gasteiger partial charge in [-0.25, -0.2) is 13.6 Å². The molecule has 0 aliphatic rings. The molecule has 0 aliphatic heterocycles. The molecule has 1 heterocycles. The number of nitrogens with one attached hydrogen (secondary N) is 1. The van der Waals surface area contributed by atoms with Gasteiger partial charge in [-0.15, -0.1) is 10.2 Å². The Morgan fingerprint density at radius 1 is 0.897 bits per heavy atom.